The van der Waals surface area contributed by atoms with Crippen LogP contribution in [0.5, 0.6) is 0 Å². The predicted octanol–water partition coefficient (Wildman–Crippen LogP) is 2.87. The van der Waals surface area contributed by atoms with Gasteiger partial charge >= 0.3 is 0 Å². The molecule has 62 valence electrons. The second-order valence-electron chi connectivity index (χ2n) is 3.92. The van der Waals surface area contributed by atoms with Gasteiger partial charge in [-0.2, -0.15) is 0 Å². The lowest BCUT2D eigenvalue weighted by atomic mass is 9.91. The smallest absolute Gasteiger partial charge is 0.0658 e. The molecule has 12 heavy (non-hydrogen) atoms. The van der Waals surface area contributed by atoms with E-state index in [0.29, 0.717) is 0 Å². The predicted molar refractivity (Wildman–Crippen MR) is 52.2 cm³/mol. The summed E-state index contributed by atoms with van der Waals surface area (Å²) in [6.07, 6.45) is 11.7. The van der Waals surface area contributed by atoms with Crippen molar-refractivity contribution in [2.75, 3.05) is 0 Å². The Kier molecular flexibility index (Phi) is 1.53. The zero-order chi connectivity index (χ0) is 8.60. The first-order valence-corrected chi connectivity index (χ1v) is 4.31. The Hall–Kier alpha value is -1.11. The summed E-state index contributed by atoms with van der Waals surface area (Å²) < 4.78 is 0. The van der Waals surface area contributed by atoms with Gasteiger partial charge in [0.15, 0.2) is 0 Å². The van der Waals surface area contributed by atoms with Crippen LogP contribution in [0.15, 0.2) is 40.6 Å². The fourth-order valence-corrected chi connectivity index (χ4v) is 1.60. The topological polar surface area (TPSA) is 12.4 Å². The summed E-state index contributed by atoms with van der Waals surface area (Å²) in [5, 5.41) is 0. The van der Waals surface area contributed by atoms with E-state index >= 15 is 0 Å². The van der Waals surface area contributed by atoms with Gasteiger partial charge in [0.25, 0.3) is 0 Å². The fraction of sp³-hybridized carbons (Fsp3) is 0.364. The molecule has 2 rings (SSSR count). The van der Waals surface area contributed by atoms with Gasteiger partial charge in [-0.05, 0) is 11.6 Å². The molecule has 0 aromatic heterocycles. The van der Waals surface area contributed by atoms with Crippen LogP contribution in [0.25, 0.3) is 0 Å². The van der Waals surface area contributed by atoms with Gasteiger partial charge in [-0.15, -0.1) is 0 Å². The molecule has 0 N–H and O–H groups in total. The molecule has 1 aliphatic carbocycles. The van der Waals surface area contributed by atoms with Gasteiger partial charge in [0.2, 0.25) is 0 Å². The number of allylic oxidation sites excluding steroid dienone is 5. The highest BCUT2D eigenvalue weighted by Crippen LogP contribution is 2.31. The minimum Gasteiger partial charge on any atom is -0.261 e. The van der Waals surface area contributed by atoms with Gasteiger partial charge in [-0.3, -0.25) is 4.99 Å². The Labute approximate surface area is 73.2 Å². The maximum atomic E-state index is 4.30. The van der Waals surface area contributed by atoms with Crippen molar-refractivity contribution in [2.24, 2.45) is 10.4 Å². The number of hydrogen-bond donors (Lipinski definition) is 0. The van der Waals surface area contributed by atoms with Gasteiger partial charge in [-0.25, -0.2) is 0 Å². The molecule has 2 aliphatic rings. The molecule has 0 bridgehead atoms. The van der Waals surface area contributed by atoms with Crippen LogP contribution in [0.4, 0.5) is 0 Å². The van der Waals surface area contributed by atoms with Crippen LogP contribution in [0.3, 0.4) is 0 Å². The molecule has 0 radical (unpaired) electrons. The molecule has 1 aliphatic heterocycles. The number of fused-ring (bicyclic) bond motifs is 1. The average Bonchev–Trinajstić information content (AvgIpc) is 2.31. The first kappa shape index (κ1) is 7.53. The van der Waals surface area contributed by atoms with Crippen LogP contribution >= 0.6 is 0 Å². The molecule has 1 heteroatoms. The minimum atomic E-state index is 0.182. The monoisotopic (exact) mass is 159 g/mol. The first-order chi connectivity index (χ1) is 5.67. The highest BCUT2D eigenvalue weighted by molar-refractivity contribution is 5.71. The molecule has 0 saturated heterocycles. The summed E-state index contributed by atoms with van der Waals surface area (Å²) in [7, 11) is 0. The number of nitrogens with zero attached hydrogens (tertiary/aromatic N) is 1. The van der Waals surface area contributed by atoms with Gasteiger partial charge < -0.3 is 0 Å². The van der Waals surface area contributed by atoms with E-state index < -0.39 is 0 Å². The summed E-state index contributed by atoms with van der Waals surface area (Å²) in [5.74, 6) is 0. The molecule has 1 heterocycles. The maximum absolute atomic E-state index is 4.30. The molecule has 0 aromatic rings. The lowest BCUT2D eigenvalue weighted by molar-refractivity contribution is 0.622. The Balaban J connectivity index is 2.44. The molecule has 0 fully saturated rings. The van der Waals surface area contributed by atoms with E-state index in [9.17, 15) is 0 Å². The minimum absolute atomic E-state index is 0.182. The Morgan fingerprint density at radius 1 is 1.42 bits per heavy atom. The third-order valence-electron chi connectivity index (χ3n) is 2.20. The summed E-state index contributed by atoms with van der Waals surface area (Å²) >= 11 is 0. The van der Waals surface area contributed by atoms with Crippen molar-refractivity contribution in [3.05, 3.63) is 35.6 Å². The highest BCUT2D eigenvalue weighted by Gasteiger charge is 2.17. The molecule has 0 spiro atoms. The van der Waals surface area contributed by atoms with E-state index in [-0.39, 0.29) is 5.41 Å². The van der Waals surface area contributed by atoms with Gasteiger partial charge in [0.1, 0.15) is 0 Å². The zero-order valence-corrected chi connectivity index (χ0v) is 7.54. The van der Waals surface area contributed by atoms with Crippen molar-refractivity contribution in [3.8, 4) is 0 Å². The van der Waals surface area contributed by atoms with Crippen LogP contribution in [0.1, 0.15) is 20.3 Å². The lowest BCUT2D eigenvalue weighted by Gasteiger charge is -2.14. The molecule has 0 atom stereocenters. The third kappa shape index (κ3) is 1.27. The van der Waals surface area contributed by atoms with Crippen molar-refractivity contribution in [2.45, 2.75) is 20.3 Å². The van der Waals surface area contributed by atoms with Crippen molar-refractivity contribution in [1.82, 2.24) is 0 Å². The van der Waals surface area contributed by atoms with E-state index in [2.05, 4.69) is 43.1 Å². The standard InChI is InChI=1S/C11H13N/c1-11(2)6-3-4-10-9(8-11)5-7-12-10/h3-4,6-8H,5H2,1-2H3. The fourth-order valence-electron chi connectivity index (χ4n) is 1.60. The Bertz CT molecular complexity index is 314. The second-order valence-corrected chi connectivity index (χ2v) is 3.92. The summed E-state index contributed by atoms with van der Waals surface area (Å²) in [4.78, 5) is 4.30. The van der Waals surface area contributed by atoms with Gasteiger partial charge in [-0.1, -0.05) is 32.1 Å². The third-order valence-corrected chi connectivity index (χ3v) is 2.20. The molecule has 1 nitrogen and oxygen atoms in total. The SMILES string of the molecule is CC1(C)C=CC=C2N=CCC2=C1. The van der Waals surface area contributed by atoms with E-state index in [0.717, 1.165) is 12.1 Å². The van der Waals surface area contributed by atoms with Crippen LogP contribution < -0.4 is 0 Å². The van der Waals surface area contributed by atoms with Crippen LogP contribution in [0.2, 0.25) is 0 Å². The number of rotatable bonds is 0. The Morgan fingerprint density at radius 3 is 3.08 bits per heavy atom. The summed E-state index contributed by atoms with van der Waals surface area (Å²) in [5.41, 5.74) is 2.68. The first-order valence-electron chi connectivity index (χ1n) is 4.31. The number of aliphatic imine (C=N–C) groups is 1. The summed E-state index contributed by atoms with van der Waals surface area (Å²) in [6.45, 7) is 4.43. The van der Waals surface area contributed by atoms with Gasteiger partial charge in [0.05, 0.1) is 5.70 Å². The molecule has 0 amide bonds. The molecular weight excluding hydrogens is 146 g/mol. The zero-order valence-electron chi connectivity index (χ0n) is 7.54. The van der Waals surface area contributed by atoms with Crippen molar-refractivity contribution < 1.29 is 0 Å². The van der Waals surface area contributed by atoms with Gasteiger partial charge in [0, 0.05) is 18.1 Å². The van der Waals surface area contributed by atoms with E-state index in [1.54, 1.807) is 0 Å². The quantitative estimate of drug-likeness (QED) is 0.515. The normalized spacial score (nSPS) is 24.5. The average molecular weight is 159 g/mol. The highest BCUT2D eigenvalue weighted by atomic mass is 14.8. The maximum Gasteiger partial charge on any atom is 0.0658 e. The van der Waals surface area contributed by atoms with E-state index in [1.165, 1.54) is 5.57 Å². The lowest BCUT2D eigenvalue weighted by Crippen LogP contribution is -2.02. The van der Waals surface area contributed by atoms with E-state index in [1.807, 2.05) is 6.21 Å². The van der Waals surface area contributed by atoms with E-state index in [4.69, 9.17) is 0 Å². The van der Waals surface area contributed by atoms with Crippen LogP contribution in [-0.4, -0.2) is 6.21 Å². The molecular formula is C11H13N. The Morgan fingerprint density at radius 2 is 2.25 bits per heavy atom. The number of hydrogen-bond acceptors (Lipinski definition) is 1. The molecule has 0 aromatic carbocycles. The van der Waals surface area contributed by atoms with Crippen LogP contribution in [0, 0.1) is 5.41 Å². The summed E-state index contributed by atoms with van der Waals surface area (Å²) in [6, 6.07) is 0. The second kappa shape index (κ2) is 2.44. The van der Waals surface area contributed by atoms with Crippen molar-refractivity contribution in [1.29, 1.82) is 0 Å². The van der Waals surface area contributed by atoms with Crippen LogP contribution in [-0.2, 0) is 0 Å². The van der Waals surface area contributed by atoms with Crippen molar-refractivity contribution in [3.63, 3.8) is 0 Å². The molecule has 0 unspecified atom stereocenters. The largest absolute Gasteiger partial charge is 0.261 e. The molecule has 0 saturated carbocycles. The van der Waals surface area contributed by atoms with Crippen molar-refractivity contribution >= 4 is 6.21 Å².